The average molecular weight is 242 g/mol. The highest BCUT2D eigenvalue weighted by Crippen LogP contribution is 2.16. The molecule has 1 saturated heterocycles. The first-order valence-corrected chi connectivity index (χ1v) is 6.85. The highest BCUT2D eigenvalue weighted by atomic mass is 16.3. The van der Waals surface area contributed by atoms with Gasteiger partial charge in [0.1, 0.15) is 0 Å². The van der Waals surface area contributed by atoms with Crippen LogP contribution in [0.5, 0.6) is 0 Å². The smallest absolute Gasteiger partial charge is 0.222 e. The van der Waals surface area contributed by atoms with Gasteiger partial charge in [-0.25, -0.2) is 0 Å². The molecule has 1 aliphatic rings. The molecule has 0 aromatic heterocycles. The van der Waals surface area contributed by atoms with Crippen molar-refractivity contribution in [3.05, 3.63) is 0 Å². The molecule has 0 spiro atoms. The molecule has 1 N–H and O–H groups in total. The maximum absolute atomic E-state index is 11.9. The van der Waals surface area contributed by atoms with E-state index in [0.29, 0.717) is 12.5 Å². The number of likely N-dealkylation sites (tertiary alicyclic amines) is 1. The lowest BCUT2D eigenvalue weighted by Crippen LogP contribution is -2.38. The molecule has 0 bridgehead atoms. The van der Waals surface area contributed by atoms with E-state index >= 15 is 0 Å². The molecule has 0 aromatic rings. The van der Waals surface area contributed by atoms with E-state index in [0.717, 1.165) is 45.4 Å². The summed E-state index contributed by atoms with van der Waals surface area (Å²) in [7, 11) is 0. The summed E-state index contributed by atoms with van der Waals surface area (Å²) in [6.45, 7) is 8.46. The maximum atomic E-state index is 11.9. The molecule has 17 heavy (non-hydrogen) atoms. The number of carbonyl (C=O) groups is 1. The second-order valence-electron chi connectivity index (χ2n) is 4.68. The van der Waals surface area contributed by atoms with Gasteiger partial charge in [-0.2, -0.15) is 0 Å². The number of aliphatic hydroxyl groups is 1. The monoisotopic (exact) mass is 242 g/mol. The Balaban J connectivity index is 2.31. The summed E-state index contributed by atoms with van der Waals surface area (Å²) >= 11 is 0. The fourth-order valence-electron chi connectivity index (χ4n) is 2.55. The highest BCUT2D eigenvalue weighted by molar-refractivity contribution is 5.76. The van der Waals surface area contributed by atoms with Crippen molar-refractivity contribution in [1.29, 1.82) is 0 Å². The molecular weight excluding hydrogens is 216 g/mol. The van der Waals surface area contributed by atoms with Crippen LogP contribution in [0.4, 0.5) is 0 Å². The molecule has 1 unspecified atom stereocenters. The summed E-state index contributed by atoms with van der Waals surface area (Å²) in [5, 5.41) is 8.69. The summed E-state index contributed by atoms with van der Waals surface area (Å²) in [4.78, 5) is 16.3. The van der Waals surface area contributed by atoms with Crippen LogP contribution in [0, 0.1) is 0 Å². The lowest BCUT2D eigenvalue weighted by Gasteiger charge is -2.26. The van der Waals surface area contributed by atoms with Crippen molar-refractivity contribution in [2.24, 2.45) is 0 Å². The number of carbonyl (C=O) groups excluding carboxylic acids is 1. The SMILES string of the molecule is CCN(CC)C1CCN(C(=O)CCCCO)C1. The lowest BCUT2D eigenvalue weighted by atomic mass is 10.2. The summed E-state index contributed by atoms with van der Waals surface area (Å²) in [6, 6.07) is 0.548. The average Bonchev–Trinajstić information content (AvgIpc) is 2.80. The Labute approximate surface area is 105 Å². The molecule has 100 valence electrons. The highest BCUT2D eigenvalue weighted by Gasteiger charge is 2.28. The van der Waals surface area contributed by atoms with Gasteiger partial charge in [-0.15, -0.1) is 0 Å². The zero-order chi connectivity index (χ0) is 12.7. The van der Waals surface area contributed by atoms with Crippen molar-refractivity contribution in [2.75, 3.05) is 32.8 Å². The number of likely N-dealkylation sites (N-methyl/N-ethyl adjacent to an activating group) is 1. The van der Waals surface area contributed by atoms with Crippen LogP contribution in [0.15, 0.2) is 0 Å². The third-order valence-corrected chi connectivity index (χ3v) is 3.64. The minimum Gasteiger partial charge on any atom is -0.396 e. The minimum absolute atomic E-state index is 0.190. The van der Waals surface area contributed by atoms with Crippen molar-refractivity contribution in [3.8, 4) is 0 Å². The number of aliphatic hydroxyl groups excluding tert-OH is 1. The number of hydrogen-bond donors (Lipinski definition) is 1. The maximum Gasteiger partial charge on any atom is 0.222 e. The van der Waals surface area contributed by atoms with Gasteiger partial charge in [0.2, 0.25) is 5.91 Å². The molecule has 1 heterocycles. The third kappa shape index (κ3) is 4.28. The van der Waals surface area contributed by atoms with Crippen molar-refractivity contribution in [2.45, 2.75) is 45.6 Å². The number of hydrogen-bond acceptors (Lipinski definition) is 3. The number of nitrogens with zero attached hydrogens (tertiary/aromatic N) is 2. The molecule has 1 fully saturated rings. The number of amides is 1. The van der Waals surface area contributed by atoms with Gasteiger partial charge in [0.15, 0.2) is 0 Å². The molecule has 0 saturated carbocycles. The molecule has 1 amide bonds. The van der Waals surface area contributed by atoms with E-state index < -0.39 is 0 Å². The Morgan fingerprint density at radius 3 is 2.65 bits per heavy atom. The Hall–Kier alpha value is -0.610. The van der Waals surface area contributed by atoms with Crippen LogP contribution in [0.3, 0.4) is 0 Å². The fourth-order valence-corrected chi connectivity index (χ4v) is 2.55. The van der Waals surface area contributed by atoms with Gasteiger partial charge < -0.3 is 10.0 Å². The van der Waals surface area contributed by atoms with E-state index in [9.17, 15) is 4.79 Å². The Morgan fingerprint density at radius 1 is 1.35 bits per heavy atom. The van der Waals surface area contributed by atoms with Crippen molar-refractivity contribution in [3.63, 3.8) is 0 Å². The van der Waals surface area contributed by atoms with Gasteiger partial charge in [-0.05, 0) is 32.4 Å². The molecule has 4 heteroatoms. The van der Waals surface area contributed by atoms with E-state index in [1.54, 1.807) is 0 Å². The second kappa shape index (κ2) is 7.67. The van der Waals surface area contributed by atoms with Crippen LogP contribution >= 0.6 is 0 Å². The third-order valence-electron chi connectivity index (χ3n) is 3.64. The van der Waals surface area contributed by atoms with Gasteiger partial charge in [0, 0.05) is 32.2 Å². The van der Waals surface area contributed by atoms with E-state index in [-0.39, 0.29) is 12.5 Å². The first-order valence-electron chi connectivity index (χ1n) is 6.85. The number of unbranched alkanes of at least 4 members (excludes halogenated alkanes) is 1. The van der Waals surface area contributed by atoms with Crippen molar-refractivity contribution >= 4 is 5.91 Å². The largest absolute Gasteiger partial charge is 0.396 e. The van der Waals surface area contributed by atoms with E-state index in [1.165, 1.54) is 0 Å². The van der Waals surface area contributed by atoms with Crippen LogP contribution in [-0.2, 0) is 4.79 Å². The van der Waals surface area contributed by atoms with Gasteiger partial charge in [0.25, 0.3) is 0 Å². The topological polar surface area (TPSA) is 43.8 Å². The van der Waals surface area contributed by atoms with E-state index in [2.05, 4.69) is 18.7 Å². The van der Waals surface area contributed by atoms with Crippen LogP contribution in [-0.4, -0.2) is 59.6 Å². The summed E-state index contributed by atoms with van der Waals surface area (Å²) in [5.41, 5.74) is 0. The van der Waals surface area contributed by atoms with Crippen LogP contribution in [0.2, 0.25) is 0 Å². The van der Waals surface area contributed by atoms with Gasteiger partial charge >= 0.3 is 0 Å². The van der Waals surface area contributed by atoms with Crippen LogP contribution in [0.25, 0.3) is 0 Å². The number of rotatable bonds is 7. The lowest BCUT2D eigenvalue weighted by molar-refractivity contribution is -0.130. The molecule has 1 aliphatic heterocycles. The summed E-state index contributed by atoms with van der Waals surface area (Å²) in [6.07, 6.45) is 3.24. The molecular formula is C13H26N2O2. The molecule has 0 aliphatic carbocycles. The molecule has 1 atom stereocenters. The van der Waals surface area contributed by atoms with Gasteiger partial charge in [0.05, 0.1) is 0 Å². The molecule has 0 radical (unpaired) electrons. The fraction of sp³-hybridized carbons (Fsp3) is 0.923. The van der Waals surface area contributed by atoms with E-state index in [1.807, 2.05) is 4.90 Å². The zero-order valence-corrected chi connectivity index (χ0v) is 11.2. The van der Waals surface area contributed by atoms with Crippen LogP contribution in [0.1, 0.15) is 39.5 Å². The van der Waals surface area contributed by atoms with Gasteiger partial charge in [-0.3, -0.25) is 9.69 Å². The standard InChI is InChI=1S/C13H26N2O2/c1-3-14(4-2)12-8-9-15(11-12)13(17)7-5-6-10-16/h12,16H,3-11H2,1-2H3. The first-order chi connectivity index (χ1) is 8.22. The molecule has 0 aromatic carbocycles. The Kier molecular flexibility index (Phi) is 6.52. The van der Waals surface area contributed by atoms with Gasteiger partial charge in [-0.1, -0.05) is 13.8 Å². The molecule has 4 nitrogen and oxygen atoms in total. The van der Waals surface area contributed by atoms with E-state index in [4.69, 9.17) is 5.11 Å². The summed E-state index contributed by atoms with van der Waals surface area (Å²) < 4.78 is 0. The normalized spacial score (nSPS) is 20.2. The first kappa shape index (κ1) is 14.5. The predicted octanol–water partition coefficient (Wildman–Crippen LogP) is 1.09. The van der Waals surface area contributed by atoms with Crippen molar-refractivity contribution in [1.82, 2.24) is 9.80 Å². The zero-order valence-electron chi connectivity index (χ0n) is 11.2. The molecule has 1 rings (SSSR count). The minimum atomic E-state index is 0.190. The van der Waals surface area contributed by atoms with Crippen LogP contribution < -0.4 is 0 Å². The van der Waals surface area contributed by atoms with Crippen molar-refractivity contribution < 1.29 is 9.90 Å². The predicted molar refractivity (Wildman–Crippen MR) is 68.8 cm³/mol. The Bertz CT molecular complexity index is 229. The Morgan fingerprint density at radius 2 is 2.06 bits per heavy atom. The second-order valence-corrected chi connectivity index (χ2v) is 4.68. The quantitative estimate of drug-likeness (QED) is 0.680. The summed E-state index contributed by atoms with van der Waals surface area (Å²) in [5.74, 6) is 0.258.